The van der Waals surface area contributed by atoms with Gasteiger partial charge in [0.25, 0.3) is 0 Å². The number of benzene rings is 4. The Labute approximate surface area is 508 Å². The molecule has 2 aliphatic heterocycles. The second-order valence-electron chi connectivity index (χ2n) is 23.0. The van der Waals surface area contributed by atoms with Crippen molar-refractivity contribution in [2.75, 3.05) is 134 Å². The van der Waals surface area contributed by atoms with Gasteiger partial charge in [0, 0.05) is 139 Å². The zero-order valence-corrected chi connectivity index (χ0v) is 51.7. The van der Waals surface area contributed by atoms with Crippen LogP contribution in [0.1, 0.15) is 53.1 Å². The molecule has 2 aliphatic rings. The third kappa shape index (κ3) is 15.1. The van der Waals surface area contributed by atoms with Gasteiger partial charge in [-0.25, -0.2) is 29.5 Å². The molecule has 25 heteroatoms. The summed E-state index contributed by atoms with van der Waals surface area (Å²) in [6.07, 6.45) is 3.02. The molecular weight excluding hydrogens is 1140 g/mol. The zero-order chi connectivity index (χ0) is 60.5. The smallest absolute Gasteiger partial charge is 0.347 e. The molecule has 0 spiro atoms. The standard InChI is InChI=1S/C61H74N14O9S2/c1-60(2,3)52-36-54(68-83-52)74(58(77)66-40-12-10-14-42(30-40)85-56-44-32-48(79-8)50(34-46(44)62-38-64-56)81-28-25-72-18-16-70(7)17-19-72)75(55-37-53(84-69-55)61(4,5)6)59(78)67-41-13-11-15-43(31-41)86-57-45-33-49(80-9)51(35-47(45)63-39-65-57)82-29-26-73-22-20-71(21-23-73)24-27-76/h10-15,30-39,76H,16-29H2,1-9H3,(H,66,77)(H,67,78). The number of aliphatic hydroxyl groups excluding tert-OH is 1. The third-order valence-electron chi connectivity index (χ3n) is 14.7. The van der Waals surface area contributed by atoms with Crippen molar-refractivity contribution in [2.24, 2.45) is 0 Å². The normalized spacial score (nSPS) is 14.8. The maximum absolute atomic E-state index is 15.2. The van der Waals surface area contributed by atoms with Crippen LogP contribution in [0, 0.1) is 0 Å². The number of hydrogen-bond acceptors (Lipinski definition) is 21. The van der Waals surface area contributed by atoms with Gasteiger partial charge in [-0.3, -0.25) is 14.7 Å². The van der Waals surface area contributed by atoms with Gasteiger partial charge < -0.3 is 48.6 Å². The molecule has 86 heavy (non-hydrogen) atoms. The number of hydrazine groups is 1. The van der Waals surface area contributed by atoms with E-state index >= 15 is 9.59 Å². The van der Waals surface area contributed by atoms with Crippen LogP contribution in [0.15, 0.2) is 126 Å². The highest BCUT2D eigenvalue weighted by Crippen LogP contribution is 2.41. The van der Waals surface area contributed by atoms with Gasteiger partial charge in [-0.1, -0.05) is 87.5 Å². The van der Waals surface area contributed by atoms with Gasteiger partial charge in [-0.2, -0.15) is 10.0 Å². The van der Waals surface area contributed by atoms with Gasteiger partial charge in [0.05, 0.1) is 31.9 Å². The summed E-state index contributed by atoms with van der Waals surface area (Å²) in [4.78, 5) is 59.7. The number of fused-ring (bicyclic) bond motifs is 2. The molecule has 0 aliphatic carbocycles. The molecule has 6 heterocycles. The highest BCUT2D eigenvalue weighted by atomic mass is 32.2. The molecule has 0 bridgehead atoms. The van der Waals surface area contributed by atoms with E-state index in [1.54, 1.807) is 44.6 Å². The van der Waals surface area contributed by atoms with Crippen LogP contribution >= 0.6 is 23.5 Å². The Kier molecular flexibility index (Phi) is 19.5. The fourth-order valence-corrected chi connectivity index (χ4v) is 11.5. The maximum atomic E-state index is 15.2. The molecule has 4 aromatic carbocycles. The van der Waals surface area contributed by atoms with Crippen LogP contribution in [0.5, 0.6) is 23.0 Å². The Hall–Kier alpha value is -7.78. The molecule has 0 atom stereocenters. The summed E-state index contributed by atoms with van der Waals surface area (Å²) < 4.78 is 35.9. The number of carbonyl (C=O) groups is 2. The average molecular weight is 1210 g/mol. The number of aliphatic hydroxyl groups is 1. The van der Waals surface area contributed by atoms with Gasteiger partial charge >= 0.3 is 12.1 Å². The number of piperazine rings is 2. The Morgan fingerprint density at radius 1 is 0.570 bits per heavy atom. The highest BCUT2D eigenvalue weighted by molar-refractivity contribution is 7.99. The van der Waals surface area contributed by atoms with Crippen LogP contribution in [0.2, 0.25) is 0 Å². The largest absolute Gasteiger partial charge is 0.493 e. The van der Waals surface area contributed by atoms with Crippen molar-refractivity contribution in [1.82, 2.24) is 49.8 Å². The first-order valence-corrected chi connectivity index (χ1v) is 30.2. The molecule has 2 fully saturated rings. The lowest BCUT2D eigenvalue weighted by Gasteiger charge is -2.34. The molecule has 4 amide bonds. The number of urea groups is 2. The van der Waals surface area contributed by atoms with Crippen molar-refractivity contribution in [3.63, 3.8) is 0 Å². The number of nitrogens with zero attached hydrogens (tertiary/aromatic N) is 12. The van der Waals surface area contributed by atoms with Gasteiger partial charge in [0.1, 0.15) is 47.4 Å². The van der Waals surface area contributed by atoms with Crippen molar-refractivity contribution >= 4 is 80.4 Å². The SMILES string of the molecule is COc1cc2c(Sc3cccc(NC(=O)N(c4cc(C(C)(C)C)on4)N(C(=O)Nc4cccc(Sc5ncnc6cc(OCCN7CCN(CCO)CC7)c(OC)cc56)c4)c4cc(C(C)(C)C)on4)c3)ncnc2cc1OCCN1CCN(C)CC1. The number of rotatable bonds is 20. The van der Waals surface area contributed by atoms with Crippen LogP contribution in [0.25, 0.3) is 21.8 Å². The quantitative estimate of drug-likeness (QED) is 0.0475. The van der Waals surface area contributed by atoms with Crippen LogP contribution in [0.4, 0.5) is 32.6 Å². The minimum Gasteiger partial charge on any atom is -0.493 e. The summed E-state index contributed by atoms with van der Waals surface area (Å²) >= 11 is 2.76. The molecule has 0 radical (unpaired) electrons. The monoisotopic (exact) mass is 1210 g/mol. The van der Waals surface area contributed by atoms with Crippen LogP contribution in [-0.4, -0.2) is 180 Å². The van der Waals surface area contributed by atoms with E-state index in [4.69, 9.17) is 28.0 Å². The highest BCUT2D eigenvalue weighted by Gasteiger charge is 2.37. The Morgan fingerprint density at radius 2 is 0.988 bits per heavy atom. The van der Waals surface area contributed by atoms with E-state index in [0.717, 1.165) is 96.0 Å². The van der Waals surface area contributed by atoms with E-state index in [1.165, 1.54) is 36.2 Å². The molecule has 454 valence electrons. The molecule has 23 nitrogen and oxygen atoms in total. The summed E-state index contributed by atoms with van der Waals surface area (Å²) in [5.74, 6) is 3.17. The number of nitrogens with one attached hydrogen (secondary N) is 2. The molecule has 0 saturated carbocycles. The van der Waals surface area contributed by atoms with Crippen molar-refractivity contribution in [2.45, 2.75) is 72.2 Å². The number of carbonyl (C=O) groups excluding carboxylic acids is 2. The van der Waals surface area contributed by atoms with E-state index in [1.807, 2.05) is 96.1 Å². The second kappa shape index (κ2) is 27.3. The summed E-state index contributed by atoms with van der Waals surface area (Å²) in [6.45, 7) is 22.7. The minimum absolute atomic E-state index is 0.00483. The fraction of sp³-hybridized carbons (Fsp3) is 0.410. The van der Waals surface area contributed by atoms with Crippen molar-refractivity contribution in [3.8, 4) is 23.0 Å². The first-order chi connectivity index (χ1) is 41.4. The lowest BCUT2D eigenvalue weighted by Crippen LogP contribution is -2.54. The third-order valence-corrected chi connectivity index (χ3v) is 16.7. The first-order valence-electron chi connectivity index (χ1n) is 28.5. The van der Waals surface area contributed by atoms with Gasteiger partial charge in [0.15, 0.2) is 23.0 Å². The molecule has 8 aromatic rings. The van der Waals surface area contributed by atoms with Crippen molar-refractivity contribution in [3.05, 3.63) is 109 Å². The number of hydrogen-bond donors (Lipinski definition) is 3. The number of anilines is 4. The Balaban J connectivity index is 0.891. The first kappa shape index (κ1) is 61.3. The summed E-state index contributed by atoms with van der Waals surface area (Å²) in [6, 6.07) is 23.7. The molecule has 3 N–H and O–H groups in total. The number of aromatic nitrogens is 6. The van der Waals surface area contributed by atoms with E-state index in [0.29, 0.717) is 86.7 Å². The van der Waals surface area contributed by atoms with Crippen LogP contribution < -0.4 is 39.6 Å². The van der Waals surface area contributed by atoms with E-state index < -0.39 is 22.9 Å². The maximum Gasteiger partial charge on any atom is 0.347 e. The lowest BCUT2D eigenvalue weighted by molar-refractivity contribution is 0.101. The van der Waals surface area contributed by atoms with Gasteiger partial charge in [0.2, 0.25) is 11.6 Å². The molecule has 2 saturated heterocycles. The number of amides is 4. The number of likely N-dealkylation sites (N-methyl/N-ethyl adjacent to an activating group) is 1. The molecule has 10 rings (SSSR count). The molecular formula is C61H74N14O9S2. The fourth-order valence-electron chi connectivity index (χ4n) is 9.69. The number of methoxy groups -OCH3 is 2. The summed E-state index contributed by atoms with van der Waals surface area (Å²) in [7, 11) is 5.35. The van der Waals surface area contributed by atoms with E-state index in [2.05, 4.69) is 67.5 Å². The summed E-state index contributed by atoms with van der Waals surface area (Å²) in [5.41, 5.74) is 1.08. The number of ether oxygens (including phenoxy) is 4. The zero-order valence-electron chi connectivity index (χ0n) is 50.0. The van der Waals surface area contributed by atoms with Gasteiger partial charge in [-0.15, -0.1) is 0 Å². The van der Waals surface area contributed by atoms with E-state index in [9.17, 15) is 5.11 Å². The van der Waals surface area contributed by atoms with Crippen molar-refractivity contribution < 1.29 is 42.7 Å². The molecule has 0 unspecified atom stereocenters. The second-order valence-corrected chi connectivity index (χ2v) is 25.1. The van der Waals surface area contributed by atoms with Crippen LogP contribution in [-0.2, 0) is 10.8 Å². The summed E-state index contributed by atoms with van der Waals surface area (Å²) in [5, 5.41) is 29.0. The van der Waals surface area contributed by atoms with Crippen LogP contribution in [0.3, 0.4) is 0 Å². The minimum atomic E-state index is -0.774. The average Bonchev–Trinajstić information content (AvgIpc) is 1.76. The predicted octanol–water partition coefficient (Wildman–Crippen LogP) is 9.77. The predicted molar refractivity (Wildman–Crippen MR) is 332 cm³/mol. The van der Waals surface area contributed by atoms with Gasteiger partial charge in [-0.05, 0) is 55.6 Å². The topological polar surface area (TPSA) is 238 Å². The Morgan fingerprint density at radius 3 is 1.38 bits per heavy atom. The molecule has 4 aromatic heterocycles. The Bertz CT molecular complexity index is 3630. The van der Waals surface area contributed by atoms with Crippen molar-refractivity contribution in [1.29, 1.82) is 0 Å². The number of β-amino-alcohol motifs (C(OH)–C–C–N with tert-alkyl or cyclic N) is 1. The van der Waals surface area contributed by atoms with E-state index in [-0.39, 0.29) is 18.2 Å². The lowest BCUT2D eigenvalue weighted by atomic mass is 9.93.